The molecule has 5 nitrogen and oxygen atoms in total. The van der Waals surface area contributed by atoms with Crippen LogP contribution >= 0.6 is 22.6 Å². The largest absolute Gasteiger partial charge is 0.393 e. The van der Waals surface area contributed by atoms with Crippen LogP contribution in [0.1, 0.15) is 5.56 Å². The Morgan fingerprint density at radius 2 is 1.83 bits per heavy atom. The molecule has 24 heavy (non-hydrogen) atoms. The third-order valence-corrected chi connectivity index (χ3v) is 4.42. The van der Waals surface area contributed by atoms with Crippen molar-refractivity contribution < 1.29 is 0 Å². The smallest absolute Gasteiger partial charge is 0.193 e. The molecule has 6 heteroatoms. The fraction of sp³-hybridized carbons (Fsp3) is 0.222. The van der Waals surface area contributed by atoms with Crippen LogP contribution in [0.5, 0.6) is 0 Å². The van der Waals surface area contributed by atoms with E-state index < -0.39 is 0 Å². The third kappa shape index (κ3) is 6.19. The van der Waals surface area contributed by atoms with Gasteiger partial charge in [-0.1, -0.05) is 30.3 Å². The van der Waals surface area contributed by atoms with Crippen LogP contribution in [0.2, 0.25) is 0 Å². The van der Waals surface area contributed by atoms with Crippen LogP contribution in [0.25, 0.3) is 0 Å². The van der Waals surface area contributed by atoms with Gasteiger partial charge in [-0.25, -0.2) is 0 Å². The first-order valence-electron chi connectivity index (χ1n) is 7.67. The standard InChI is InChI=1S/C18H22IN5/c1-20-12-13-24(2)18(19)23-22-17-10-8-16(9-11-17)21-14-15-6-4-3-5-7-15/h3-13,18,20-21H,14H2,1-2H3/b13-12-,23-22?. The highest BCUT2D eigenvalue weighted by molar-refractivity contribution is 14.1. The summed E-state index contributed by atoms with van der Waals surface area (Å²) < 4.78 is -0.0527. The average molecular weight is 435 g/mol. The number of anilines is 1. The molecular weight excluding hydrogens is 413 g/mol. The van der Waals surface area contributed by atoms with E-state index in [9.17, 15) is 0 Å². The van der Waals surface area contributed by atoms with Crippen molar-refractivity contribution in [2.24, 2.45) is 10.2 Å². The van der Waals surface area contributed by atoms with Crippen LogP contribution in [-0.4, -0.2) is 23.2 Å². The Balaban J connectivity index is 1.87. The van der Waals surface area contributed by atoms with Crippen molar-refractivity contribution >= 4 is 34.0 Å². The number of nitrogens with one attached hydrogen (secondary N) is 2. The van der Waals surface area contributed by atoms with E-state index in [0.717, 1.165) is 17.9 Å². The van der Waals surface area contributed by atoms with Gasteiger partial charge in [-0.15, -0.1) is 0 Å². The summed E-state index contributed by atoms with van der Waals surface area (Å²) in [4.78, 5) is 1.97. The molecule has 2 aromatic carbocycles. The highest BCUT2D eigenvalue weighted by atomic mass is 127. The Labute approximate surface area is 157 Å². The van der Waals surface area contributed by atoms with Crippen LogP contribution in [0.15, 0.2) is 77.2 Å². The van der Waals surface area contributed by atoms with E-state index in [-0.39, 0.29) is 4.17 Å². The minimum absolute atomic E-state index is 0.0527. The molecule has 0 spiro atoms. The maximum absolute atomic E-state index is 4.31. The monoisotopic (exact) mass is 435 g/mol. The number of azo groups is 1. The van der Waals surface area contributed by atoms with Crippen LogP contribution < -0.4 is 10.6 Å². The van der Waals surface area contributed by atoms with Crippen molar-refractivity contribution in [3.8, 4) is 0 Å². The molecule has 1 atom stereocenters. The predicted molar refractivity (Wildman–Crippen MR) is 108 cm³/mol. The van der Waals surface area contributed by atoms with Gasteiger partial charge in [0.25, 0.3) is 0 Å². The Kier molecular flexibility index (Phi) is 7.54. The molecular formula is C18H22IN5. The molecule has 0 amide bonds. The fourth-order valence-corrected chi connectivity index (χ4v) is 2.22. The Morgan fingerprint density at radius 1 is 1.12 bits per heavy atom. The fourth-order valence-electron chi connectivity index (χ4n) is 1.90. The van der Waals surface area contributed by atoms with Gasteiger partial charge in [0, 0.05) is 38.7 Å². The zero-order chi connectivity index (χ0) is 17.2. The summed E-state index contributed by atoms with van der Waals surface area (Å²) in [6.45, 7) is 0.806. The van der Waals surface area contributed by atoms with Gasteiger partial charge < -0.3 is 15.5 Å². The zero-order valence-electron chi connectivity index (χ0n) is 13.9. The topological polar surface area (TPSA) is 52.0 Å². The van der Waals surface area contributed by atoms with E-state index in [1.54, 1.807) is 0 Å². The summed E-state index contributed by atoms with van der Waals surface area (Å²) in [5, 5.41) is 14.9. The van der Waals surface area contributed by atoms with E-state index >= 15 is 0 Å². The van der Waals surface area contributed by atoms with Gasteiger partial charge in [-0.2, -0.15) is 10.2 Å². The molecule has 0 aromatic heterocycles. The van der Waals surface area contributed by atoms with Crippen LogP contribution in [0, 0.1) is 0 Å². The molecule has 2 N–H and O–H groups in total. The molecule has 2 aromatic rings. The molecule has 2 rings (SSSR count). The lowest BCUT2D eigenvalue weighted by Gasteiger charge is -2.16. The second-order valence-electron chi connectivity index (χ2n) is 5.18. The zero-order valence-corrected chi connectivity index (χ0v) is 16.0. The van der Waals surface area contributed by atoms with E-state index in [1.165, 1.54) is 5.56 Å². The number of alkyl halides is 1. The Bertz CT molecular complexity index is 655. The normalized spacial score (nSPS) is 12.5. The van der Waals surface area contributed by atoms with E-state index in [0.29, 0.717) is 0 Å². The number of nitrogens with zero attached hydrogens (tertiary/aromatic N) is 3. The molecule has 0 bridgehead atoms. The first-order valence-corrected chi connectivity index (χ1v) is 8.92. The number of rotatable bonds is 8. The maximum atomic E-state index is 4.31. The first-order chi connectivity index (χ1) is 11.7. The van der Waals surface area contributed by atoms with Gasteiger partial charge >= 0.3 is 0 Å². The number of benzene rings is 2. The van der Waals surface area contributed by atoms with Gasteiger partial charge in [0.15, 0.2) is 4.17 Å². The summed E-state index contributed by atoms with van der Waals surface area (Å²) in [5.41, 5.74) is 3.16. The van der Waals surface area contributed by atoms with Crippen molar-refractivity contribution in [2.45, 2.75) is 10.7 Å². The predicted octanol–water partition coefficient (Wildman–Crippen LogP) is 4.72. The van der Waals surface area contributed by atoms with Crippen LogP contribution in [-0.2, 0) is 6.54 Å². The lowest BCUT2D eigenvalue weighted by Crippen LogP contribution is -2.18. The van der Waals surface area contributed by atoms with E-state index in [1.807, 2.05) is 73.9 Å². The second-order valence-corrected chi connectivity index (χ2v) is 6.30. The molecule has 0 aliphatic carbocycles. The first kappa shape index (κ1) is 18.3. The van der Waals surface area contributed by atoms with Crippen molar-refractivity contribution in [3.05, 3.63) is 72.6 Å². The lowest BCUT2D eigenvalue weighted by molar-refractivity contribution is 0.442. The molecule has 0 radical (unpaired) electrons. The molecule has 0 saturated heterocycles. The van der Waals surface area contributed by atoms with Gasteiger partial charge in [-0.3, -0.25) is 0 Å². The third-order valence-electron chi connectivity index (χ3n) is 3.29. The summed E-state index contributed by atoms with van der Waals surface area (Å²) in [6.07, 6.45) is 3.78. The summed E-state index contributed by atoms with van der Waals surface area (Å²) in [5.74, 6) is 0. The van der Waals surface area contributed by atoms with E-state index in [2.05, 4.69) is 55.6 Å². The highest BCUT2D eigenvalue weighted by Gasteiger charge is 2.04. The summed E-state index contributed by atoms with van der Waals surface area (Å²) >= 11 is 2.23. The van der Waals surface area contributed by atoms with Crippen molar-refractivity contribution in [1.29, 1.82) is 0 Å². The number of halogens is 1. The SMILES string of the molecule is CN/C=C\N(C)C(I)N=Nc1ccc(NCc2ccccc2)cc1. The Hall–Kier alpha value is -2.09. The van der Waals surface area contributed by atoms with Crippen LogP contribution in [0.4, 0.5) is 11.4 Å². The quantitative estimate of drug-likeness (QED) is 0.273. The summed E-state index contributed by atoms with van der Waals surface area (Å²) in [7, 11) is 3.82. The van der Waals surface area contributed by atoms with E-state index in [4.69, 9.17) is 0 Å². The molecule has 0 saturated carbocycles. The average Bonchev–Trinajstić information content (AvgIpc) is 2.64. The molecule has 0 heterocycles. The van der Waals surface area contributed by atoms with Crippen molar-refractivity contribution in [2.75, 3.05) is 19.4 Å². The van der Waals surface area contributed by atoms with Gasteiger partial charge in [0.2, 0.25) is 0 Å². The van der Waals surface area contributed by atoms with Gasteiger partial charge in [0.05, 0.1) is 5.69 Å². The van der Waals surface area contributed by atoms with Crippen molar-refractivity contribution in [1.82, 2.24) is 10.2 Å². The number of hydrogen-bond acceptors (Lipinski definition) is 5. The van der Waals surface area contributed by atoms with Gasteiger partial charge in [0.1, 0.15) is 0 Å². The molecule has 0 aliphatic heterocycles. The minimum atomic E-state index is -0.0527. The lowest BCUT2D eigenvalue weighted by atomic mass is 10.2. The molecule has 0 aliphatic rings. The van der Waals surface area contributed by atoms with Gasteiger partial charge in [-0.05, 0) is 52.4 Å². The van der Waals surface area contributed by atoms with Crippen LogP contribution in [0.3, 0.4) is 0 Å². The second kappa shape index (κ2) is 9.92. The highest BCUT2D eigenvalue weighted by Crippen LogP contribution is 2.19. The minimum Gasteiger partial charge on any atom is -0.393 e. The molecule has 1 unspecified atom stereocenters. The number of hydrogen-bond donors (Lipinski definition) is 2. The molecule has 0 fully saturated rings. The summed E-state index contributed by atoms with van der Waals surface area (Å²) in [6, 6.07) is 18.3. The van der Waals surface area contributed by atoms with Crippen molar-refractivity contribution in [3.63, 3.8) is 0 Å². The Morgan fingerprint density at radius 3 is 2.50 bits per heavy atom. The molecule has 126 valence electrons. The maximum Gasteiger partial charge on any atom is 0.193 e.